The van der Waals surface area contributed by atoms with Crippen molar-refractivity contribution in [2.75, 3.05) is 31.6 Å². The average Bonchev–Trinajstić information content (AvgIpc) is 2.88. The van der Waals surface area contributed by atoms with Crippen LogP contribution in [0.15, 0.2) is 48.5 Å². The lowest BCUT2D eigenvalue weighted by molar-refractivity contribution is -0.119. The maximum atomic E-state index is 12.8. The maximum absolute atomic E-state index is 12.8. The molecule has 0 spiro atoms. The van der Waals surface area contributed by atoms with E-state index in [1.165, 1.54) is 0 Å². The lowest BCUT2D eigenvalue weighted by Crippen LogP contribution is -2.40. The molecule has 148 valence electrons. The summed E-state index contributed by atoms with van der Waals surface area (Å²) in [6.45, 7) is 3.46. The molecule has 28 heavy (non-hydrogen) atoms. The van der Waals surface area contributed by atoms with Crippen LogP contribution in [0, 0.1) is 11.8 Å². The number of phenolic OH excluding ortho intramolecular Hbond substituents is 1. The zero-order chi connectivity index (χ0) is 19.5. The second kappa shape index (κ2) is 8.23. The van der Waals surface area contributed by atoms with Gasteiger partial charge in [0.2, 0.25) is 5.91 Å². The topological polar surface area (TPSA) is 53.0 Å². The lowest BCUT2D eigenvalue weighted by atomic mass is 9.82. The fraction of sp³-hybridized carbons (Fsp3) is 0.435. The number of benzene rings is 2. The van der Waals surface area contributed by atoms with E-state index in [0.29, 0.717) is 24.0 Å². The van der Waals surface area contributed by atoms with Gasteiger partial charge >= 0.3 is 0 Å². The lowest BCUT2D eigenvalue weighted by Gasteiger charge is -2.37. The molecule has 1 N–H and O–H groups in total. The van der Waals surface area contributed by atoms with E-state index in [9.17, 15) is 9.90 Å². The Balaban J connectivity index is 1.42. The van der Waals surface area contributed by atoms with Crippen LogP contribution in [0.5, 0.6) is 11.5 Å². The second-order valence-corrected chi connectivity index (χ2v) is 7.91. The minimum Gasteiger partial charge on any atom is -0.507 e. The van der Waals surface area contributed by atoms with Crippen molar-refractivity contribution >= 4 is 11.6 Å². The monoisotopic (exact) mass is 380 g/mol. The molecule has 2 aliphatic heterocycles. The van der Waals surface area contributed by atoms with Gasteiger partial charge in [0.1, 0.15) is 11.5 Å². The number of carbonyl (C=O) groups is 1. The van der Waals surface area contributed by atoms with Gasteiger partial charge in [-0.05, 0) is 49.4 Å². The number of piperidine rings is 1. The highest BCUT2D eigenvalue weighted by molar-refractivity contribution is 5.93. The summed E-state index contributed by atoms with van der Waals surface area (Å²) in [5.41, 5.74) is 1.93. The summed E-state index contributed by atoms with van der Waals surface area (Å²) in [6.07, 6.45) is 2.70. The minimum atomic E-state index is 0.250. The molecular weight excluding hydrogens is 352 g/mol. The van der Waals surface area contributed by atoms with Crippen molar-refractivity contribution in [3.63, 3.8) is 0 Å². The van der Waals surface area contributed by atoms with E-state index in [0.717, 1.165) is 50.3 Å². The number of likely N-dealkylation sites (tertiary alicyclic amines) is 1. The number of hydrogen-bond donors (Lipinski definition) is 1. The van der Waals surface area contributed by atoms with Crippen LogP contribution < -0.4 is 9.64 Å². The third-order valence-corrected chi connectivity index (χ3v) is 6.19. The maximum Gasteiger partial charge on any atom is 0.227 e. The first-order chi connectivity index (χ1) is 13.6. The molecule has 2 aromatic rings. The number of nitrogens with zero attached hydrogens (tertiary/aromatic N) is 2. The molecule has 4 rings (SSSR count). The van der Waals surface area contributed by atoms with Gasteiger partial charge in [0, 0.05) is 43.4 Å². The van der Waals surface area contributed by atoms with E-state index >= 15 is 0 Å². The summed E-state index contributed by atoms with van der Waals surface area (Å²) in [7, 11) is 1.60. The Hall–Kier alpha value is -2.53. The number of carbonyl (C=O) groups excluding carboxylic acids is 1. The number of amides is 1. The van der Waals surface area contributed by atoms with Gasteiger partial charge in [0.05, 0.1) is 7.11 Å². The van der Waals surface area contributed by atoms with Crippen LogP contribution in [-0.4, -0.2) is 42.7 Å². The number of ether oxygens (including phenoxy) is 1. The van der Waals surface area contributed by atoms with Crippen molar-refractivity contribution in [1.29, 1.82) is 0 Å². The van der Waals surface area contributed by atoms with Gasteiger partial charge < -0.3 is 14.7 Å². The standard InChI is InChI=1S/C23H28N2O3/c1-28-21-8-7-19(22(26)14-21)16-24-11-9-17-13-23(27)25(12-10-18(17)15-24)20-5-3-2-4-6-20/h2-8,14,17-18,26H,9-13,15-16H2,1H3/t17-,18-/m0/s1. The number of anilines is 1. The first kappa shape index (κ1) is 18.8. The number of hydrogen-bond acceptors (Lipinski definition) is 4. The summed E-state index contributed by atoms with van der Waals surface area (Å²) >= 11 is 0. The molecule has 0 unspecified atom stereocenters. The number of methoxy groups -OCH3 is 1. The molecule has 2 heterocycles. The third kappa shape index (κ3) is 3.99. The van der Waals surface area contributed by atoms with Gasteiger partial charge in [-0.25, -0.2) is 0 Å². The SMILES string of the molecule is COc1ccc(CN2CC[C@H]3CC(=O)N(c4ccccc4)CC[C@H]3C2)c(O)c1. The van der Waals surface area contributed by atoms with E-state index in [1.54, 1.807) is 13.2 Å². The molecule has 0 saturated carbocycles. The molecule has 0 aromatic heterocycles. The van der Waals surface area contributed by atoms with Gasteiger partial charge in [-0.15, -0.1) is 0 Å². The first-order valence-corrected chi connectivity index (χ1v) is 10.1. The Kier molecular flexibility index (Phi) is 5.53. The molecule has 2 aliphatic rings. The molecule has 0 radical (unpaired) electrons. The van der Waals surface area contributed by atoms with Crippen molar-refractivity contribution in [3.05, 3.63) is 54.1 Å². The Morgan fingerprint density at radius 3 is 2.61 bits per heavy atom. The van der Waals surface area contributed by atoms with Crippen LogP contribution in [-0.2, 0) is 11.3 Å². The second-order valence-electron chi connectivity index (χ2n) is 7.91. The molecular formula is C23H28N2O3. The first-order valence-electron chi connectivity index (χ1n) is 10.1. The van der Waals surface area contributed by atoms with E-state index < -0.39 is 0 Å². The van der Waals surface area contributed by atoms with Gasteiger partial charge in [0.25, 0.3) is 0 Å². The molecule has 2 saturated heterocycles. The number of phenols is 1. The highest BCUT2D eigenvalue weighted by atomic mass is 16.5. The summed E-state index contributed by atoms with van der Waals surface area (Å²) in [5.74, 6) is 2.18. The highest BCUT2D eigenvalue weighted by Gasteiger charge is 2.35. The molecule has 2 fully saturated rings. The zero-order valence-electron chi connectivity index (χ0n) is 16.4. The fourth-order valence-corrected chi connectivity index (χ4v) is 4.58. The van der Waals surface area contributed by atoms with Gasteiger partial charge in [-0.2, -0.15) is 0 Å². The van der Waals surface area contributed by atoms with Gasteiger partial charge in [-0.1, -0.05) is 24.3 Å². The van der Waals surface area contributed by atoms with Crippen molar-refractivity contribution in [1.82, 2.24) is 4.90 Å². The third-order valence-electron chi connectivity index (χ3n) is 6.19. The molecule has 1 amide bonds. The minimum absolute atomic E-state index is 0.250. The van der Waals surface area contributed by atoms with Crippen LogP contribution >= 0.6 is 0 Å². The zero-order valence-corrected chi connectivity index (χ0v) is 16.4. The van der Waals surface area contributed by atoms with E-state index in [-0.39, 0.29) is 11.7 Å². The summed E-state index contributed by atoms with van der Waals surface area (Å²) in [6, 6.07) is 15.5. The van der Waals surface area contributed by atoms with E-state index in [4.69, 9.17) is 4.74 Å². The predicted octanol–water partition coefficient (Wildman–Crippen LogP) is 3.67. The molecule has 2 atom stereocenters. The number of fused-ring (bicyclic) bond motifs is 1. The number of rotatable bonds is 4. The summed E-state index contributed by atoms with van der Waals surface area (Å²) in [5, 5.41) is 10.3. The Bertz CT molecular complexity index is 824. The summed E-state index contributed by atoms with van der Waals surface area (Å²) < 4.78 is 5.17. The Labute approximate surface area is 166 Å². The Morgan fingerprint density at radius 1 is 1.07 bits per heavy atom. The van der Waals surface area contributed by atoms with Crippen molar-refractivity contribution in [2.45, 2.75) is 25.8 Å². The van der Waals surface area contributed by atoms with Crippen molar-refractivity contribution in [3.8, 4) is 11.5 Å². The quantitative estimate of drug-likeness (QED) is 0.879. The van der Waals surface area contributed by atoms with Crippen LogP contribution in [0.1, 0.15) is 24.8 Å². The highest BCUT2D eigenvalue weighted by Crippen LogP contribution is 2.35. The van der Waals surface area contributed by atoms with Crippen LogP contribution in [0.25, 0.3) is 0 Å². The van der Waals surface area contributed by atoms with Gasteiger partial charge in [-0.3, -0.25) is 9.69 Å². The molecule has 0 aliphatic carbocycles. The van der Waals surface area contributed by atoms with Crippen LogP contribution in [0.2, 0.25) is 0 Å². The predicted molar refractivity (Wildman–Crippen MR) is 110 cm³/mol. The smallest absolute Gasteiger partial charge is 0.227 e. The van der Waals surface area contributed by atoms with Crippen molar-refractivity contribution in [2.24, 2.45) is 11.8 Å². The largest absolute Gasteiger partial charge is 0.507 e. The normalized spacial score (nSPS) is 23.2. The van der Waals surface area contributed by atoms with Crippen LogP contribution in [0.4, 0.5) is 5.69 Å². The van der Waals surface area contributed by atoms with Crippen molar-refractivity contribution < 1.29 is 14.6 Å². The Morgan fingerprint density at radius 2 is 1.86 bits per heavy atom. The van der Waals surface area contributed by atoms with E-state index in [2.05, 4.69) is 4.90 Å². The molecule has 2 aromatic carbocycles. The number of para-hydroxylation sites is 1. The molecule has 5 heteroatoms. The number of aromatic hydroxyl groups is 1. The van der Waals surface area contributed by atoms with E-state index in [1.807, 2.05) is 47.4 Å². The summed E-state index contributed by atoms with van der Waals surface area (Å²) in [4.78, 5) is 17.2. The average molecular weight is 380 g/mol. The van der Waals surface area contributed by atoms with Gasteiger partial charge in [0.15, 0.2) is 0 Å². The molecule has 0 bridgehead atoms. The molecule has 5 nitrogen and oxygen atoms in total. The van der Waals surface area contributed by atoms with Crippen LogP contribution in [0.3, 0.4) is 0 Å². The fourth-order valence-electron chi connectivity index (χ4n) is 4.58.